The zero-order valence-corrected chi connectivity index (χ0v) is 18.1. The van der Waals surface area contributed by atoms with Crippen LogP contribution in [0.3, 0.4) is 0 Å². The molecule has 0 saturated heterocycles. The molecule has 0 radical (unpaired) electrons. The number of terminal acetylenes is 1. The Morgan fingerprint density at radius 3 is 2.67 bits per heavy atom. The number of benzene rings is 2. The molecule has 1 amide bonds. The molecule has 0 aliphatic rings. The summed E-state index contributed by atoms with van der Waals surface area (Å²) in [6.45, 7) is 3.00. The SMILES string of the molecule is C#CCn1c(=NC(=O)c2cccc(OCCCC)c2)sc2cc(OC)c(OC)cc21. The van der Waals surface area contributed by atoms with Gasteiger partial charge in [0.1, 0.15) is 5.75 Å². The zero-order chi connectivity index (χ0) is 21.5. The Bertz CT molecular complexity index is 1150. The summed E-state index contributed by atoms with van der Waals surface area (Å²) in [5.74, 6) is 4.12. The second-order valence-electron chi connectivity index (χ2n) is 6.50. The summed E-state index contributed by atoms with van der Waals surface area (Å²) in [6, 6.07) is 10.8. The lowest BCUT2D eigenvalue weighted by Crippen LogP contribution is -2.16. The lowest BCUT2D eigenvalue weighted by molar-refractivity contribution is 0.0997. The molecule has 0 aliphatic heterocycles. The lowest BCUT2D eigenvalue weighted by atomic mass is 10.2. The van der Waals surface area contributed by atoms with Gasteiger partial charge in [-0.15, -0.1) is 6.42 Å². The highest BCUT2D eigenvalue weighted by Crippen LogP contribution is 2.33. The number of carbonyl (C=O) groups excluding carboxylic acids is 1. The van der Waals surface area contributed by atoms with Crippen LogP contribution in [0.1, 0.15) is 30.1 Å². The van der Waals surface area contributed by atoms with E-state index in [1.165, 1.54) is 11.3 Å². The largest absolute Gasteiger partial charge is 0.494 e. The van der Waals surface area contributed by atoms with Gasteiger partial charge in [-0.2, -0.15) is 4.99 Å². The fourth-order valence-electron chi connectivity index (χ4n) is 2.93. The van der Waals surface area contributed by atoms with Crippen molar-refractivity contribution in [3.63, 3.8) is 0 Å². The number of nitrogens with zero attached hydrogens (tertiary/aromatic N) is 2. The van der Waals surface area contributed by atoms with E-state index in [-0.39, 0.29) is 12.5 Å². The predicted octanol–water partition coefficient (Wildman–Crippen LogP) is 4.27. The summed E-state index contributed by atoms with van der Waals surface area (Å²) in [7, 11) is 3.16. The van der Waals surface area contributed by atoms with Gasteiger partial charge in [0.15, 0.2) is 16.3 Å². The second-order valence-corrected chi connectivity index (χ2v) is 7.51. The molecule has 30 heavy (non-hydrogen) atoms. The first-order valence-electron chi connectivity index (χ1n) is 9.62. The zero-order valence-electron chi connectivity index (χ0n) is 17.3. The first kappa shape index (κ1) is 21.5. The summed E-state index contributed by atoms with van der Waals surface area (Å²) in [5, 5.41) is 0. The second kappa shape index (κ2) is 9.99. The molecule has 0 aliphatic carbocycles. The first-order chi connectivity index (χ1) is 14.6. The number of ether oxygens (including phenoxy) is 3. The van der Waals surface area contributed by atoms with Crippen molar-refractivity contribution in [3.8, 4) is 29.6 Å². The quantitative estimate of drug-likeness (QED) is 0.400. The summed E-state index contributed by atoms with van der Waals surface area (Å²) in [4.78, 5) is 17.7. The number of aromatic nitrogens is 1. The van der Waals surface area contributed by atoms with Crippen molar-refractivity contribution >= 4 is 27.5 Å². The fourth-order valence-corrected chi connectivity index (χ4v) is 3.97. The van der Waals surface area contributed by atoms with Gasteiger partial charge in [-0.1, -0.05) is 36.7 Å². The van der Waals surface area contributed by atoms with Gasteiger partial charge in [0, 0.05) is 17.7 Å². The fraction of sp³-hybridized carbons (Fsp3) is 0.304. The third-order valence-corrected chi connectivity index (χ3v) is 5.52. The minimum atomic E-state index is -0.354. The first-order valence-corrected chi connectivity index (χ1v) is 10.4. The molecule has 0 atom stereocenters. The number of unbranched alkanes of at least 4 members (excludes halogenated alkanes) is 1. The van der Waals surface area contributed by atoms with E-state index in [4.69, 9.17) is 20.6 Å². The molecule has 0 unspecified atom stereocenters. The van der Waals surface area contributed by atoms with Gasteiger partial charge in [0.05, 0.1) is 37.6 Å². The molecule has 3 rings (SSSR count). The van der Waals surface area contributed by atoms with E-state index >= 15 is 0 Å². The van der Waals surface area contributed by atoms with E-state index in [1.54, 1.807) is 32.4 Å². The molecule has 156 valence electrons. The van der Waals surface area contributed by atoms with Crippen LogP contribution in [0.5, 0.6) is 17.2 Å². The maximum absolute atomic E-state index is 12.8. The van der Waals surface area contributed by atoms with Crippen molar-refractivity contribution in [3.05, 3.63) is 46.8 Å². The molecule has 0 N–H and O–H groups in total. The molecule has 0 bridgehead atoms. The summed E-state index contributed by atoms with van der Waals surface area (Å²) < 4.78 is 19.2. The number of methoxy groups -OCH3 is 2. The number of carbonyl (C=O) groups is 1. The average Bonchev–Trinajstić information content (AvgIpc) is 3.09. The molecule has 0 saturated carbocycles. The van der Waals surface area contributed by atoms with Crippen LogP contribution >= 0.6 is 11.3 Å². The van der Waals surface area contributed by atoms with Crippen molar-refractivity contribution in [1.82, 2.24) is 4.57 Å². The maximum atomic E-state index is 12.8. The van der Waals surface area contributed by atoms with Crippen LogP contribution < -0.4 is 19.0 Å². The van der Waals surface area contributed by atoms with E-state index in [2.05, 4.69) is 17.8 Å². The van der Waals surface area contributed by atoms with Crippen LogP contribution in [0.15, 0.2) is 41.4 Å². The van der Waals surface area contributed by atoms with Crippen LogP contribution in [0.4, 0.5) is 0 Å². The Balaban J connectivity index is 2.02. The maximum Gasteiger partial charge on any atom is 0.279 e. The average molecular weight is 425 g/mol. The van der Waals surface area contributed by atoms with E-state index < -0.39 is 0 Å². The van der Waals surface area contributed by atoms with Gasteiger partial charge in [-0.05, 0) is 24.6 Å². The summed E-state index contributed by atoms with van der Waals surface area (Å²) >= 11 is 1.37. The Kier molecular flexibility index (Phi) is 7.15. The molecule has 1 aromatic heterocycles. The Morgan fingerprint density at radius 1 is 1.20 bits per heavy atom. The van der Waals surface area contributed by atoms with Crippen LogP contribution in [0, 0.1) is 12.3 Å². The van der Waals surface area contributed by atoms with Crippen molar-refractivity contribution in [2.24, 2.45) is 4.99 Å². The van der Waals surface area contributed by atoms with Gasteiger partial charge in [0.2, 0.25) is 0 Å². The molecular weight excluding hydrogens is 400 g/mol. The van der Waals surface area contributed by atoms with Gasteiger partial charge >= 0.3 is 0 Å². The molecule has 1 heterocycles. The highest BCUT2D eigenvalue weighted by atomic mass is 32.1. The van der Waals surface area contributed by atoms with Gasteiger partial charge in [0.25, 0.3) is 5.91 Å². The highest BCUT2D eigenvalue weighted by Gasteiger charge is 2.13. The molecule has 7 heteroatoms. The van der Waals surface area contributed by atoms with Crippen molar-refractivity contribution in [2.75, 3.05) is 20.8 Å². The molecular formula is C23H24N2O4S. The van der Waals surface area contributed by atoms with Crippen LogP contribution in [0.25, 0.3) is 10.2 Å². The molecule has 0 fully saturated rings. The lowest BCUT2D eigenvalue weighted by Gasteiger charge is -2.08. The molecule has 2 aromatic carbocycles. The number of thiazole rings is 1. The number of rotatable bonds is 8. The van der Waals surface area contributed by atoms with Crippen molar-refractivity contribution in [2.45, 2.75) is 26.3 Å². The normalized spacial score (nSPS) is 11.3. The Labute approximate surface area is 179 Å². The van der Waals surface area contributed by atoms with Crippen LogP contribution in [-0.4, -0.2) is 31.3 Å². The van der Waals surface area contributed by atoms with E-state index in [9.17, 15) is 4.79 Å². The van der Waals surface area contributed by atoms with Crippen molar-refractivity contribution in [1.29, 1.82) is 0 Å². The van der Waals surface area contributed by atoms with Gasteiger partial charge < -0.3 is 18.8 Å². The van der Waals surface area contributed by atoms with Crippen LogP contribution in [0.2, 0.25) is 0 Å². The van der Waals surface area contributed by atoms with Gasteiger partial charge in [-0.25, -0.2) is 0 Å². The van der Waals surface area contributed by atoms with Crippen molar-refractivity contribution < 1.29 is 19.0 Å². The number of fused-ring (bicyclic) bond motifs is 1. The number of hydrogen-bond donors (Lipinski definition) is 0. The topological polar surface area (TPSA) is 62.1 Å². The highest BCUT2D eigenvalue weighted by molar-refractivity contribution is 7.16. The summed E-state index contributed by atoms with van der Waals surface area (Å²) in [6.07, 6.45) is 7.57. The Hall–Kier alpha value is -3.24. The minimum absolute atomic E-state index is 0.280. The molecule has 3 aromatic rings. The monoisotopic (exact) mass is 424 g/mol. The molecule has 0 spiro atoms. The molecule has 6 nitrogen and oxygen atoms in total. The minimum Gasteiger partial charge on any atom is -0.494 e. The van der Waals surface area contributed by atoms with Crippen LogP contribution in [-0.2, 0) is 6.54 Å². The third kappa shape index (κ3) is 4.66. The van der Waals surface area contributed by atoms with Gasteiger partial charge in [-0.3, -0.25) is 4.79 Å². The smallest absolute Gasteiger partial charge is 0.279 e. The van der Waals surface area contributed by atoms with E-state index in [1.807, 2.05) is 22.8 Å². The third-order valence-electron chi connectivity index (χ3n) is 4.48. The number of amides is 1. The number of hydrogen-bond acceptors (Lipinski definition) is 5. The van der Waals surface area contributed by atoms with E-state index in [0.717, 1.165) is 23.1 Å². The standard InChI is InChI=1S/C23H24N2O4S/c1-5-7-12-29-17-10-8-9-16(13-17)22(26)24-23-25(11-6-2)18-14-19(27-3)20(28-4)15-21(18)30-23/h2,8-10,13-15H,5,7,11-12H2,1,3-4H3. The Morgan fingerprint density at radius 2 is 1.97 bits per heavy atom. The summed E-state index contributed by atoms with van der Waals surface area (Å²) in [5.41, 5.74) is 1.29. The van der Waals surface area contributed by atoms with E-state index in [0.29, 0.717) is 34.2 Å². The predicted molar refractivity (Wildman–Crippen MR) is 118 cm³/mol.